The van der Waals surface area contributed by atoms with Crippen LogP contribution in [0.2, 0.25) is 0 Å². The number of nitrogens with zero attached hydrogens (tertiary/aromatic N) is 1. The number of carbonyl (C=O) groups is 1. The number of likely N-dealkylation sites (tertiary alicyclic amines) is 1. The number of hydrogen-bond donors (Lipinski definition) is 1. The summed E-state index contributed by atoms with van der Waals surface area (Å²) in [7, 11) is 0. The largest absolute Gasteiger partial charge is 0.483 e. The quantitative estimate of drug-likeness (QED) is 0.817. The van der Waals surface area contributed by atoms with Crippen LogP contribution < -0.4 is 14.8 Å². The Morgan fingerprint density at radius 1 is 1.41 bits per heavy atom. The smallest absolute Gasteiger partial charge is 0.401 e. The van der Waals surface area contributed by atoms with E-state index in [2.05, 4.69) is 5.32 Å². The first-order chi connectivity index (χ1) is 12.6. The van der Waals surface area contributed by atoms with Gasteiger partial charge in [-0.3, -0.25) is 9.69 Å². The summed E-state index contributed by atoms with van der Waals surface area (Å²) in [5, 5.41) is 2.75. The van der Waals surface area contributed by atoms with E-state index in [0.717, 1.165) is 12.0 Å². The monoisotopic (exact) mass is 386 g/mol. The number of benzene rings is 1. The zero-order valence-corrected chi connectivity index (χ0v) is 15.6. The Balaban J connectivity index is 1.42. The predicted octanol–water partition coefficient (Wildman–Crippen LogP) is 2.78. The van der Waals surface area contributed by atoms with Gasteiger partial charge in [0, 0.05) is 25.1 Å². The summed E-state index contributed by atoms with van der Waals surface area (Å²) in [4.78, 5) is 13.4. The van der Waals surface area contributed by atoms with Gasteiger partial charge in [-0.15, -0.1) is 0 Å². The van der Waals surface area contributed by atoms with Gasteiger partial charge in [-0.2, -0.15) is 13.2 Å². The van der Waals surface area contributed by atoms with E-state index in [9.17, 15) is 18.0 Å². The lowest BCUT2D eigenvalue weighted by Crippen LogP contribution is -2.36. The molecule has 1 fully saturated rings. The Morgan fingerprint density at radius 3 is 2.93 bits per heavy atom. The number of fused-ring (bicyclic) bond motifs is 1. The lowest BCUT2D eigenvalue weighted by molar-refractivity contribution is -0.143. The highest BCUT2D eigenvalue weighted by molar-refractivity contribution is 5.77. The highest BCUT2D eigenvalue weighted by Gasteiger charge is 2.34. The molecule has 2 aliphatic heterocycles. The molecule has 150 valence electrons. The minimum absolute atomic E-state index is 0.0291. The summed E-state index contributed by atoms with van der Waals surface area (Å²) >= 11 is 0. The molecule has 1 atom stereocenters. The van der Waals surface area contributed by atoms with Gasteiger partial charge in [0.25, 0.3) is 5.91 Å². The molecule has 0 saturated carbocycles. The first kappa shape index (κ1) is 19.8. The maximum Gasteiger partial charge on any atom is 0.401 e. The molecule has 0 aromatic heterocycles. The van der Waals surface area contributed by atoms with Crippen LogP contribution in [-0.2, 0) is 11.2 Å². The molecule has 1 N–H and O–H groups in total. The van der Waals surface area contributed by atoms with Crippen LogP contribution in [0.25, 0.3) is 0 Å². The van der Waals surface area contributed by atoms with Gasteiger partial charge in [-0.05, 0) is 38.8 Å². The van der Waals surface area contributed by atoms with Gasteiger partial charge in [-0.25, -0.2) is 0 Å². The van der Waals surface area contributed by atoms with Gasteiger partial charge in [0.15, 0.2) is 18.1 Å². The number of alkyl halides is 3. The number of rotatable bonds is 6. The highest BCUT2D eigenvalue weighted by atomic mass is 19.4. The third-order valence-electron chi connectivity index (χ3n) is 4.77. The van der Waals surface area contributed by atoms with Gasteiger partial charge >= 0.3 is 6.18 Å². The number of ether oxygens (including phenoxy) is 2. The van der Waals surface area contributed by atoms with E-state index in [-0.39, 0.29) is 24.0 Å². The van der Waals surface area contributed by atoms with Gasteiger partial charge in [0.1, 0.15) is 5.60 Å². The molecule has 0 aliphatic carbocycles. The fraction of sp³-hybridized carbons (Fsp3) is 0.632. The van der Waals surface area contributed by atoms with Gasteiger partial charge in [0.05, 0.1) is 6.54 Å². The van der Waals surface area contributed by atoms with E-state index < -0.39 is 12.7 Å². The van der Waals surface area contributed by atoms with E-state index in [1.54, 1.807) is 6.07 Å². The van der Waals surface area contributed by atoms with E-state index in [0.29, 0.717) is 37.6 Å². The number of nitrogens with one attached hydrogen (secondary N) is 1. The molecule has 1 unspecified atom stereocenters. The second-order valence-corrected chi connectivity index (χ2v) is 7.88. The summed E-state index contributed by atoms with van der Waals surface area (Å²) in [5.41, 5.74) is 0.753. The summed E-state index contributed by atoms with van der Waals surface area (Å²) in [6.45, 7) is 4.04. The number of amides is 1. The molecule has 2 heterocycles. The molecular weight excluding hydrogens is 361 g/mol. The van der Waals surface area contributed by atoms with Crippen molar-refractivity contribution in [3.8, 4) is 11.5 Å². The second kappa shape index (κ2) is 7.58. The van der Waals surface area contributed by atoms with Crippen molar-refractivity contribution in [2.24, 2.45) is 5.92 Å². The molecule has 0 bridgehead atoms. The lowest BCUT2D eigenvalue weighted by atomic mass is 10.0. The fourth-order valence-corrected chi connectivity index (χ4v) is 3.63. The van der Waals surface area contributed by atoms with Crippen molar-refractivity contribution >= 4 is 5.91 Å². The molecule has 0 radical (unpaired) electrons. The Morgan fingerprint density at radius 2 is 2.19 bits per heavy atom. The third kappa shape index (κ3) is 5.51. The molecule has 0 spiro atoms. The van der Waals surface area contributed by atoms with Gasteiger partial charge < -0.3 is 14.8 Å². The summed E-state index contributed by atoms with van der Waals surface area (Å²) < 4.78 is 48.8. The normalized spacial score (nSPS) is 21.6. The van der Waals surface area contributed by atoms with Crippen LogP contribution in [0.1, 0.15) is 25.8 Å². The van der Waals surface area contributed by atoms with Crippen molar-refractivity contribution in [2.75, 3.05) is 32.8 Å². The predicted molar refractivity (Wildman–Crippen MR) is 94.0 cm³/mol. The van der Waals surface area contributed by atoms with E-state index >= 15 is 0 Å². The minimum Gasteiger partial charge on any atom is -0.483 e. The average Bonchev–Trinajstić information content (AvgIpc) is 3.11. The zero-order valence-electron chi connectivity index (χ0n) is 15.6. The van der Waals surface area contributed by atoms with Crippen LogP contribution in [0.3, 0.4) is 0 Å². The van der Waals surface area contributed by atoms with Crippen LogP contribution in [0.15, 0.2) is 18.2 Å². The SMILES string of the molecule is CC1(C)Cc2cccc(OCC(=O)NCC3CCN(CC(F)(F)F)C3)c2O1. The highest BCUT2D eigenvalue weighted by Crippen LogP contribution is 2.41. The molecule has 1 saturated heterocycles. The maximum absolute atomic E-state index is 12.4. The molecule has 3 rings (SSSR count). The van der Waals surface area contributed by atoms with Crippen molar-refractivity contribution in [1.29, 1.82) is 0 Å². The molecule has 27 heavy (non-hydrogen) atoms. The summed E-state index contributed by atoms with van der Waals surface area (Å²) in [6.07, 6.45) is -2.76. The number of carbonyl (C=O) groups excluding carboxylic acids is 1. The molecule has 1 aromatic carbocycles. The minimum atomic E-state index is -4.18. The van der Waals surface area contributed by atoms with E-state index in [1.165, 1.54) is 4.90 Å². The van der Waals surface area contributed by atoms with Crippen molar-refractivity contribution < 1.29 is 27.4 Å². The van der Waals surface area contributed by atoms with Crippen LogP contribution >= 0.6 is 0 Å². The van der Waals surface area contributed by atoms with Gasteiger partial charge in [-0.1, -0.05) is 12.1 Å². The Hall–Kier alpha value is -1.96. The fourth-order valence-electron chi connectivity index (χ4n) is 3.63. The number of halogens is 3. The molecule has 8 heteroatoms. The molecule has 1 aromatic rings. The second-order valence-electron chi connectivity index (χ2n) is 7.88. The van der Waals surface area contributed by atoms with Crippen molar-refractivity contribution in [1.82, 2.24) is 10.2 Å². The van der Waals surface area contributed by atoms with Crippen LogP contribution in [0.5, 0.6) is 11.5 Å². The third-order valence-corrected chi connectivity index (χ3v) is 4.77. The number of hydrogen-bond acceptors (Lipinski definition) is 4. The van der Waals surface area contributed by atoms with E-state index in [1.807, 2.05) is 26.0 Å². The maximum atomic E-state index is 12.4. The van der Waals surface area contributed by atoms with E-state index in [4.69, 9.17) is 9.47 Å². The molecule has 5 nitrogen and oxygen atoms in total. The Kier molecular flexibility index (Phi) is 5.55. The van der Waals surface area contributed by atoms with Gasteiger partial charge in [0.2, 0.25) is 0 Å². The molecule has 1 amide bonds. The van der Waals surface area contributed by atoms with Crippen LogP contribution in [0.4, 0.5) is 13.2 Å². The Labute approximate surface area is 156 Å². The zero-order chi connectivity index (χ0) is 19.7. The number of para-hydroxylation sites is 1. The average molecular weight is 386 g/mol. The van der Waals surface area contributed by atoms with Crippen molar-refractivity contribution in [2.45, 2.75) is 38.5 Å². The summed E-state index contributed by atoms with van der Waals surface area (Å²) in [5.74, 6) is 0.944. The Bertz CT molecular complexity index is 691. The first-order valence-corrected chi connectivity index (χ1v) is 9.11. The van der Waals surface area contributed by atoms with Crippen molar-refractivity contribution in [3.05, 3.63) is 23.8 Å². The molecule has 2 aliphatic rings. The first-order valence-electron chi connectivity index (χ1n) is 9.11. The topological polar surface area (TPSA) is 50.8 Å². The summed E-state index contributed by atoms with van der Waals surface area (Å²) in [6, 6.07) is 5.61. The molecular formula is C19H25F3N2O3. The van der Waals surface area contributed by atoms with Crippen molar-refractivity contribution in [3.63, 3.8) is 0 Å². The van der Waals surface area contributed by atoms with Crippen LogP contribution in [0, 0.1) is 5.92 Å². The van der Waals surface area contributed by atoms with Crippen LogP contribution in [-0.4, -0.2) is 55.4 Å². The lowest BCUT2D eigenvalue weighted by Gasteiger charge is -2.18. The standard InChI is InChI=1S/C19H25F3N2O3/c1-18(2)8-14-4-3-5-15(17(14)27-18)26-11-16(25)23-9-13-6-7-24(10-13)12-19(20,21)22/h3-5,13H,6-12H2,1-2H3,(H,23,25).